The van der Waals surface area contributed by atoms with Gasteiger partial charge in [0.15, 0.2) is 34.8 Å². The molecule has 0 saturated carbocycles. The van der Waals surface area contributed by atoms with Crippen molar-refractivity contribution in [3.05, 3.63) is 33.4 Å². The Hall–Kier alpha value is -2.63. The maximum absolute atomic E-state index is 12.3. The number of hydrogen-bond donors (Lipinski definition) is 8. The van der Waals surface area contributed by atoms with Gasteiger partial charge in [0.25, 0.3) is 11.1 Å². The largest absolute Gasteiger partial charge is 0.369 e. The normalized spacial score (nSPS) is 36.0. The van der Waals surface area contributed by atoms with E-state index in [2.05, 4.69) is 42.2 Å². The predicted molar refractivity (Wildman–Crippen MR) is 163 cm³/mol. The van der Waals surface area contributed by atoms with Crippen molar-refractivity contribution in [2.24, 2.45) is 11.5 Å². The van der Waals surface area contributed by atoms with Gasteiger partial charge in [0.1, 0.15) is 24.4 Å². The van der Waals surface area contributed by atoms with Crippen molar-refractivity contribution in [3.63, 3.8) is 0 Å². The number of nitrogens with one attached hydrogen (secondary N) is 2. The van der Waals surface area contributed by atoms with Crippen LogP contribution in [0.1, 0.15) is 12.5 Å². The molecule has 3 fully saturated rings. The fraction of sp³-hybridized carbons (Fsp3) is 0.500. The minimum absolute atomic E-state index is 0.0156. The number of nitrogen functional groups attached to an aromatic ring is 2. The van der Waals surface area contributed by atoms with E-state index in [0.29, 0.717) is 0 Å². The van der Waals surface area contributed by atoms with Crippen molar-refractivity contribution < 1.29 is 32.5 Å². The van der Waals surface area contributed by atoms with Crippen LogP contribution in [-0.2, 0) is 39.4 Å². The predicted octanol–water partition coefficient (Wildman–Crippen LogP) is -1.94. The molecule has 25 heteroatoms. The molecule has 3 saturated heterocycles. The van der Waals surface area contributed by atoms with Gasteiger partial charge in [0.2, 0.25) is 19.5 Å². The first kappa shape index (κ1) is 31.0. The van der Waals surface area contributed by atoms with Crippen molar-refractivity contribution in [2.75, 3.05) is 24.7 Å². The third kappa shape index (κ3) is 5.56. The SMILES string of the molecule is Nc1nc2c(ncn2C2OC3COP(O)(=S)OC4C(COP(S)OC3C2N)OC(n2cnc3c(=O)[nH]c(N)nc32)C4N)c(=O)[nH]1. The molecule has 11 N–H and O–H groups in total. The Balaban J connectivity index is 1.15. The van der Waals surface area contributed by atoms with E-state index in [4.69, 9.17) is 62.3 Å². The summed E-state index contributed by atoms with van der Waals surface area (Å²) in [6, 6.07) is -1.86. The second kappa shape index (κ2) is 11.6. The van der Waals surface area contributed by atoms with E-state index in [1.54, 1.807) is 0 Å². The van der Waals surface area contributed by atoms with Crippen LogP contribution in [0.4, 0.5) is 11.9 Å². The molecule has 4 aromatic rings. The zero-order valence-corrected chi connectivity index (χ0v) is 26.1. The van der Waals surface area contributed by atoms with Crippen LogP contribution in [0.3, 0.4) is 0 Å². The van der Waals surface area contributed by atoms with Crippen LogP contribution in [0.25, 0.3) is 22.3 Å². The van der Waals surface area contributed by atoms with Crippen LogP contribution < -0.4 is 34.1 Å². The highest BCUT2D eigenvalue weighted by molar-refractivity contribution is 8.41. The van der Waals surface area contributed by atoms with Crippen LogP contribution in [0.5, 0.6) is 0 Å². The van der Waals surface area contributed by atoms with E-state index in [-0.39, 0.29) is 47.4 Å². The fourth-order valence-corrected chi connectivity index (χ4v) is 8.25. The molecule has 3 aliphatic heterocycles. The Kier molecular flexibility index (Phi) is 7.96. The molecule has 0 aromatic carbocycles. The lowest BCUT2D eigenvalue weighted by Gasteiger charge is -2.30. The first-order chi connectivity index (χ1) is 21.4. The zero-order chi connectivity index (χ0) is 31.8. The number of ether oxygens (including phenoxy) is 2. The van der Waals surface area contributed by atoms with E-state index in [1.807, 2.05) is 0 Å². The standard InChI is InChI=1S/C20H26N12O9P2S2/c21-7-11-6(39-17(7)31-3-25-9-13(31)27-19(23)29-15(9)33)2-37-43(35,45)41-12-5(1-36-42(44)40-11)38-18(8(12)22)32-4-26-10-14(32)28-20(24)30-16(10)34/h3-8,11-12,17-18,44H,1-2,21-22H2,(H,35,45)(H3,23,27,29,33)(H3,24,28,30,34). The highest BCUT2D eigenvalue weighted by Crippen LogP contribution is 2.53. The number of anilines is 2. The van der Waals surface area contributed by atoms with E-state index >= 15 is 0 Å². The number of aromatic nitrogens is 8. The first-order valence-corrected chi connectivity index (χ1v) is 18.0. The van der Waals surface area contributed by atoms with Gasteiger partial charge < -0.3 is 55.4 Å². The molecule has 0 bridgehead atoms. The molecule has 3 aliphatic rings. The van der Waals surface area contributed by atoms with Gasteiger partial charge in [-0.25, -0.2) is 9.97 Å². The summed E-state index contributed by atoms with van der Waals surface area (Å²) in [5.41, 5.74) is 23.8. The number of rotatable bonds is 2. The van der Waals surface area contributed by atoms with Crippen LogP contribution in [0.2, 0.25) is 0 Å². The number of hydrogen-bond acceptors (Lipinski definition) is 18. The molecule has 10 atom stereocenters. The van der Waals surface area contributed by atoms with Crippen LogP contribution in [0, 0.1) is 0 Å². The average molecular weight is 705 g/mol. The Morgan fingerprint density at radius 3 is 2.00 bits per heavy atom. The van der Waals surface area contributed by atoms with Gasteiger partial charge in [-0.3, -0.25) is 28.7 Å². The molecular formula is C20H26N12O9P2S2. The van der Waals surface area contributed by atoms with Crippen LogP contribution in [0.15, 0.2) is 22.2 Å². The van der Waals surface area contributed by atoms with Crippen molar-refractivity contribution in [1.29, 1.82) is 0 Å². The smallest absolute Gasteiger partial charge is 0.325 e. The molecule has 21 nitrogen and oxygen atoms in total. The summed E-state index contributed by atoms with van der Waals surface area (Å²) >= 11 is 9.81. The summed E-state index contributed by atoms with van der Waals surface area (Å²) in [5.74, 6) is -0.256. The summed E-state index contributed by atoms with van der Waals surface area (Å²) in [5, 5.41) is 0. The van der Waals surface area contributed by atoms with Crippen molar-refractivity contribution >= 4 is 72.6 Å². The summed E-state index contributed by atoms with van der Waals surface area (Å²) < 4.78 is 38.8. The molecule has 7 rings (SSSR count). The fourth-order valence-electron chi connectivity index (χ4n) is 5.44. The molecule has 0 aliphatic carbocycles. The third-order valence-electron chi connectivity index (χ3n) is 7.45. The minimum Gasteiger partial charge on any atom is -0.369 e. The summed E-state index contributed by atoms with van der Waals surface area (Å²) in [6.07, 6.45) is -3.04. The lowest BCUT2D eigenvalue weighted by molar-refractivity contribution is -0.0532. The molecule has 0 spiro atoms. The number of fused-ring (bicyclic) bond motifs is 4. The Labute approximate surface area is 262 Å². The molecule has 0 radical (unpaired) electrons. The molecule has 4 aromatic heterocycles. The number of nitrogens with two attached hydrogens (primary N) is 4. The topological polar surface area (TPSA) is 307 Å². The lowest BCUT2D eigenvalue weighted by Crippen LogP contribution is -2.43. The second-order valence-electron chi connectivity index (χ2n) is 10.3. The lowest BCUT2D eigenvalue weighted by atomic mass is 10.1. The Morgan fingerprint density at radius 2 is 1.44 bits per heavy atom. The number of imidazole rings is 2. The molecule has 10 unspecified atom stereocenters. The first-order valence-electron chi connectivity index (χ1n) is 13.1. The Bertz CT molecular complexity index is 1940. The minimum atomic E-state index is -4.01. The van der Waals surface area contributed by atoms with Gasteiger partial charge in [-0.15, -0.1) is 0 Å². The quantitative estimate of drug-likeness (QED) is 0.0831. The average Bonchev–Trinajstić information content (AvgIpc) is 3.72. The van der Waals surface area contributed by atoms with E-state index in [1.165, 1.54) is 21.8 Å². The molecule has 0 amide bonds. The van der Waals surface area contributed by atoms with Gasteiger partial charge in [0, 0.05) is 0 Å². The van der Waals surface area contributed by atoms with Crippen molar-refractivity contribution in [2.45, 2.75) is 49.0 Å². The maximum atomic E-state index is 12.3. The summed E-state index contributed by atoms with van der Waals surface area (Å²) in [7, 11) is -1.91. The summed E-state index contributed by atoms with van der Waals surface area (Å²) in [4.78, 5) is 57.0. The monoisotopic (exact) mass is 704 g/mol. The van der Waals surface area contributed by atoms with Crippen LogP contribution in [-0.4, -0.2) is 93.6 Å². The second-order valence-corrected chi connectivity index (χ2v) is 15.0. The maximum Gasteiger partial charge on any atom is 0.325 e. The third-order valence-corrected chi connectivity index (χ3v) is 10.4. The van der Waals surface area contributed by atoms with Crippen LogP contribution >= 0.6 is 26.5 Å². The van der Waals surface area contributed by atoms with E-state index in [9.17, 15) is 14.5 Å². The van der Waals surface area contributed by atoms with E-state index < -0.39 is 74.4 Å². The van der Waals surface area contributed by atoms with Gasteiger partial charge >= 0.3 is 6.72 Å². The number of thiol groups is 1. The molecule has 45 heavy (non-hydrogen) atoms. The number of aromatic amines is 2. The Morgan fingerprint density at radius 1 is 0.933 bits per heavy atom. The van der Waals surface area contributed by atoms with Gasteiger partial charge in [-0.1, -0.05) is 12.2 Å². The highest BCUT2D eigenvalue weighted by Gasteiger charge is 2.50. The van der Waals surface area contributed by atoms with Gasteiger partial charge in [0.05, 0.1) is 38.0 Å². The number of nitrogens with zero attached hydrogens (tertiary/aromatic N) is 6. The van der Waals surface area contributed by atoms with Gasteiger partial charge in [-0.05, 0) is 11.8 Å². The number of H-pyrrole nitrogens is 2. The van der Waals surface area contributed by atoms with Gasteiger partial charge in [-0.2, -0.15) is 9.97 Å². The molecule has 7 heterocycles. The van der Waals surface area contributed by atoms with Crippen molar-refractivity contribution in [3.8, 4) is 0 Å². The molecular weight excluding hydrogens is 678 g/mol. The summed E-state index contributed by atoms with van der Waals surface area (Å²) in [6.45, 7) is -4.50. The molecule has 242 valence electrons. The zero-order valence-electron chi connectivity index (χ0n) is 22.6. The van der Waals surface area contributed by atoms with E-state index in [0.717, 1.165) is 0 Å². The highest BCUT2D eigenvalue weighted by atomic mass is 32.7. The van der Waals surface area contributed by atoms with Crippen molar-refractivity contribution in [1.82, 2.24) is 39.0 Å².